The highest BCUT2D eigenvalue weighted by Gasteiger charge is 2.23. The zero-order valence-corrected chi connectivity index (χ0v) is 11.7. The molecule has 0 aliphatic carbocycles. The van der Waals surface area contributed by atoms with Crippen molar-refractivity contribution >= 4 is 5.97 Å². The van der Waals surface area contributed by atoms with Crippen LogP contribution in [0.25, 0.3) is 0 Å². The van der Waals surface area contributed by atoms with Crippen molar-refractivity contribution in [3.8, 4) is 5.75 Å². The van der Waals surface area contributed by atoms with Crippen molar-refractivity contribution in [3.05, 3.63) is 29.3 Å². The average Bonchev–Trinajstić information content (AvgIpc) is 2.85. The fourth-order valence-corrected chi connectivity index (χ4v) is 2.19. The SMILES string of the molecule is COC(=O)C(NCC(C)C)c1ccc2c(c1)CCO2. The highest BCUT2D eigenvalue weighted by Crippen LogP contribution is 2.28. The Morgan fingerprint density at radius 1 is 1.47 bits per heavy atom. The predicted molar refractivity (Wildman–Crippen MR) is 73.2 cm³/mol. The molecule has 104 valence electrons. The molecule has 4 nitrogen and oxygen atoms in total. The first-order valence-corrected chi connectivity index (χ1v) is 6.68. The van der Waals surface area contributed by atoms with Gasteiger partial charge in [0, 0.05) is 6.42 Å². The quantitative estimate of drug-likeness (QED) is 0.826. The molecular formula is C15H21NO3. The Morgan fingerprint density at radius 2 is 2.26 bits per heavy atom. The minimum atomic E-state index is -0.404. The van der Waals surface area contributed by atoms with Crippen LogP contribution < -0.4 is 10.1 Å². The second-order valence-electron chi connectivity index (χ2n) is 5.22. The van der Waals surface area contributed by atoms with Gasteiger partial charge in [0.1, 0.15) is 11.8 Å². The summed E-state index contributed by atoms with van der Waals surface area (Å²) in [7, 11) is 1.42. The number of nitrogens with one attached hydrogen (secondary N) is 1. The predicted octanol–water partition coefficient (Wildman–Crippen LogP) is 2.08. The van der Waals surface area contributed by atoms with Crippen LogP contribution in [0.4, 0.5) is 0 Å². The van der Waals surface area contributed by atoms with E-state index in [4.69, 9.17) is 9.47 Å². The van der Waals surface area contributed by atoms with Gasteiger partial charge in [-0.1, -0.05) is 19.9 Å². The van der Waals surface area contributed by atoms with E-state index in [1.807, 2.05) is 18.2 Å². The third kappa shape index (κ3) is 3.26. The Balaban J connectivity index is 2.19. The summed E-state index contributed by atoms with van der Waals surface area (Å²) < 4.78 is 10.4. The molecule has 1 N–H and O–H groups in total. The van der Waals surface area contributed by atoms with Gasteiger partial charge in [-0.2, -0.15) is 0 Å². The summed E-state index contributed by atoms with van der Waals surface area (Å²) in [4.78, 5) is 11.9. The Bertz CT molecular complexity index is 457. The summed E-state index contributed by atoms with van der Waals surface area (Å²) in [6, 6.07) is 5.50. The summed E-state index contributed by atoms with van der Waals surface area (Å²) in [6.07, 6.45) is 0.904. The number of fused-ring (bicyclic) bond motifs is 1. The van der Waals surface area contributed by atoms with Gasteiger partial charge in [0.05, 0.1) is 13.7 Å². The van der Waals surface area contributed by atoms with E-state index in [0.717, 1.165) is 36.4 Å². The number of hydrogen-bond donors (Lipinski definition) is 1. The molecule has 0 aromatic heterocycles. The zero-order chi connectivity index (χ0) is 13.8. The van der Waals surface area contributed by atoms with E-state index in [1.54, 1.807) is 0 Å². The molecule has 4 heteroatoms. The molecule has 1 aromatic carbocycles. The van der Waals surface area contributed by atoms with E-state index < -0.39 is 6.04 Å². The summed E-state index contributed by atoms with van der Waals surface area (Å²) in [5.41, 5.74) is 2.11. The van der Waals surface area contributed by atoms with E-state index in [9.17, 15) is 4.79 Å². The minimum Gasteiger partial charge on any atom is -0.493 e. The number of carbonyl (C=O) groups excluding carboxylic acids is 1. The topological polar surface area (TPSA) is 47.6 Å². The number of rotatable bonds is 5. The van der Waals surface area contributed by atoms with E-state index >= 15 is 0 Å². The monoisotopic (exact) mass is 263 g/mol. The molecule has 1 aromatic rings. The van der Waals surface area contributed by atoms with Gasteiger partial charge in [-0.15, -0.1) is 0 Å². The molecule has 0 saturated heterocycles. The lowest BCUT2D eigenvalue weighted by atomic mass is 10.0. The van der Waals surface area contributed by atoms with Gasteiger partial charge in [0.2, 0.25) is 0 Å². The Kier molecular flexibility index (Phi) is 4.43. The van der Waals surface area contributed by atoms with Crippen molar-refractivity contribution in [2.24, 2.45) is 5.92 Å². The Morgan fingerprint density at radius 3 is 2.95 bits per heavy atom. The van der Waals surface area contributed by atoms with Crippen molar-refractivity contribution in [2.45, 2.75) is 26.3 Å². The van der Waals surface area contributed by atoms with Crippen molar-refractivity contribution in [1.29, 1.82) is 0 Å². The molecule has 2 rings (SSSR count). The first-order valence-electron chi connectivity index (χ1n) is 6.68. The van der Waals surface area contributed by atoms with Gasteiger partial charge in [0.25, 0.3) is 0 Å². The largest absolute Gasteiger partial charge is 0.493 e. The maximum atomic E-state index is 11.9. The summed E-state index contributed by atoms with van der Waals surface area (Å²) in [5, 5.41) is 3.26. The van der Waals surface area contributed by atoms with Crippen LogP contribution in [0.1, 0.15) is 31.0 Å². The number of hydrogen-bond acceptors (Lipinski definition) is 4. The summed E-state index contributed by atoms with van der Waals surface area (Å²) in [6.45, 7) is 5.71. The normalized spacial score (nSPS) is 14.9. The molecule has 0 amide bonds. The van der Waals surface area contributed by atoms with Crippen LogP contribution in [-0.4, -0.2) is 26.2 Å². The molecule has 0 saturated carbocycles. The van der Waals surface area contributed by atoms with Crippen molar-refractivity contribution < 1.29 is 14.3 Å². The Labute approximate surface area is 114 Å². The number of ether oxygens (including phenoxy) is 2. The number of esters is 1. The first-order chi connectivity index (χ1) is 9.11. The van der Waals surface area contributed by atoms with Gasteiger partial charge in [-0.3, -0.25) is 0 Å². The van der Waals surface area contributed by atoms with Crippen molar-refractivity contribution in [2.75, 3.05) is 20.3 Å². The second kappa shape index (κ2) is 6.06. The van der Waals surface area contributed by atoms with Crippen molar-refractivity contribution in [3.63, 3.8) is 0 Å². The van der Waals surface area contributed by atoms with E-state index in [2.05, 4.69) is 19.2 Å². The molecule has 1 aliphatic rings. The highest BCUT2D eigenvalue weighted by atomic mass is 16.5. The molecule has 0 radical (unpaired) electrons. The second-order valence-corrected chi connectivity index (χ2v) is 5.22. The standard InChI is InChI=1S/C15H21NO3/c1-10(2)9-16-14(15(17)18-3)12-4-5-13-11(8-12)6-7-19-13/h4-5,8,10,14,16H,6-7,9H2,1-3H3. The Hall–Kier alpha value is -1.55. The first kappa shape index (κ1) is 13.9. The van der Waals surface area contributed by atoms with E-state index in [-0.39, 0.29) is 5.97 Å². The maximum absolute atomic E-state index is 11.9. The van der Waals surface area contributed by atoms with Gasteiger partial charge >= 0.3 is 5.97 Å². The number of methoxy groups -OCH3 is 1. The lowest BCUT2D eigenvalue weighted by Gasteiger charge is -2.18. The maximum Gasteiger partial charge on any atom is 0.327 e. The molecule has 19 heavy (non-hydrogen) atoms. The summed E-state index contributed by atoms with van der Waals surface area (Å²) in [5.74, 6) is 1.15. The molecule has 0 fully saturated rings. The minimum absolute atomic E-state index is 0.250. The smallest absolute Gasteiger partial charge is 0.327 e. The molecule has 1 atom stereocenters. The van der Waals surface area contributed by atoms with Crippen LogP contribution >= 0.6 is 0 Å². The van der Waals surface area contributed by atoms with Gasteiger partial charge in [-0.25, -0.2) is 4.79 Å². The molecule has 0 bridgehead atoms. The lowest BCUT2D eigenvalue weighted by Crippen LogP contribution is -2.32. The molecule has 1 heterocycles. The number of benzene rings is 1. The van der Waals surface area contributed by atoms with Crippen LogP contribution in [-0.2, 0) is 16.0 Å². The molecule has 1 unspecified atom stereocenters. The third-order valence-electron chi connectivity index (χ3n) is 3.21. The zero-order valence-electron chi connectivity index (χ0n) is 11.7. The van der Waals surface area contributed by atoms with Gasteiger partial charge < -0.3 is 14.8 Å². The van der Waals surface area contributed by atoms with Crippen LogP contribution in [0.3, 0.4) is 0 Å². The van der Waals surface area contributed by atoms with Crippen molar-refractivity contribution in [1.82, 2.24) is 5.32 Å². The fourth-order valence-electron chi connectivity index (χ4n) is 2.19. The molecular weight excluding hydrogens is 242 g/mol. The van der Waals surface area contributed by atoms with Crippen LogP contribution in [0.2, 0.25) is 0 Å². The van der Waals surface area contributed by atoms with Crippen LogP contribution in [0, 0.1) is 5.92 Å². The molecule has 1 aliphatic heterocycles. The van der Waals surface area contributed by atoms with Gasteiger partial charge in [-0.05, 0) is 35.7 Å². The van der Waals surface area contributed by atoms with Crippen LogP contribution in [0.5, 0.6) is 5.75 Å². The summed E-state index contributed by atoms with van der Waals surface area (Å²) >= 11 is 0. The molecule has 0 spiro atoms. The highest BCUT2D eigenvalue weighted by molar-refractivity contribution is 5.77. The van der Waals surface area contributed by atoms with Gasteiger partial charge in [0.15, 0.2) is 0 Å². The third-order valence-corrected chi connectivity index (χ3v) is 3.21. The lowest BCUT2D eigenvalue weighted by molar-refractivity contribution is -0.143. The van der Waals surface area contributed by atoms with Crippen LogP contribution in [0.15, 0.2) is 18.2 Å². The number of carbonyl (C=O) groups is 1. The van der Waals surface area contributed by atoms with E-state index in [1.165, 1.54) is 7.11 Å². The average molecular weight is 263 g/mol. The van der Waals surface area contributed by atoms with E-state index in [0.29, 0.717) is 5.92 Å². The fraction of sp³-hybridized carbons (Fsp3) is 0.533.